The molecule has 1 saturated heterocycles. The lowest BCUT2D eigenvalue weighted by molar-refractivity contribution is 0.0941. The van der Waals surface area contributed by atoms with Crippen LogP contribution >= 0.6 is 11.8 Å². The first-order valence-corrected chi connectivity index (χ1v) is 7.25. The topological polar surface area (TPSA) is 72.2 Å². The van der Waals surface area contributed by atoms with E-state index in [1.54, 1.807) is 0 Å². The molecule has 1 fully saturated rings. The Morgan fingerprint density at radius 2 is 2.44 bits per heavy atom. The van der Waals surface area contributed by atoms with Gasteiger partial charge in [0.25, 0.3) is 0 Å². The average molecular weight is 272 g/mol. The molecular formula is C11H20N4O2S. The number of nitrogens with zero attached hydrogens (tertiary/aromatic N) is 3. The number of rotatable bonds is 7. The fraction of sp³-hybridized carbons (Fsp3) is 0.818. The molecule has 7 heteroatoms. The minimum absolute atomic E-state index is 0.152. The van der Waals surface area contributed by atoms with Crippen LogP contribution in [0.3, 0.4) is 0 Å². The lowest BCUT2D eigenvalue weighted by atomic mass is 10.2. The van der Waals surface area contributed by atoms with Gasteiger partial charge in [-0.1, -0.05) is 11.8 Å². The van der Waals surface area contributed by atoms with Crippen molar-refractivity contribution in [1.82, 2.24) is 20.1 Å². The molecule has 1 aliphatic rings. The van der Waals surface area contributed by atoms with Crippen molar-refractivity contribution in [3.63, 3.8) is 0 Å². The highest BCUT2D eigenvalue weighted by molar-refractivity contribution is 7.99. The van der Waals surface area contributed by atoms with Crippen molar-refractivity contribution in [2.45, 2.75) is 37.2 Å². The molecule has 2 N–H and O–H groups in total. The number of ether oxygens (including phenoxy) is 1. The van der Waals surface area contributed by atoms with E-state index >= 15 is 0 Å². The summed E-state index contributed by atoms with van der Waals surface area (Å²) in [5, 5.41) is 21.2. The van der Waals surface area contributed by atoms with Gasteiger partial charge < -0.3 is 19.7 Å². The van der Waals surface area contributed by atoms with Gasteiger partial charge >= 0.3 is 0 Å². The Bertz CT molecular complexity index is 366. The second kappa shape index (κ2) is 7.08. The molecule has 18 heavy (non-hydrogen) atoms. The first-order valence-electron chi connectivity index (χ1n) is 6.27. The summed E-state index contributed by atoms with van der Waals surface area (Å²) in [6.07, 6.45) is 2.50. The molecule has 1 atom stereocenters. The molecule has 2 rings (SSSR count). The molecule has 102 valence electrons. The van der Waals surface area contributed by atoms with Crippen LogP contribution in [-0.4, -0.2) is 52.0 Å². The molecule has 0 aromatic carbocycles. The Balaban J connectivity index is 2.08. The minimum Gasteiger partial charge on any atom is -0.396 e. The van der Waals surface area contributed by atoms with Gasteiger partial charge in [-0.15, -0.1) is 10.2 Å². The van der Waals surface area contributed by atoms with E-state index < -0.39 is 0 Å². The summed E-state index contributed by atoms with van der Waals surface area (Å²) >= 11 is 1.53. The lowest BCUT2D eigenvalue weighted by Gasteiger charge is -2.14. The summed E-state index contributed by atoms with van der Waals surface area (Å²) < 4.78 is 7.77. The quantitative estimate of drug-likeness (QED) is 0.694. The number of aliphatic hydroxyl groups is 1. The highest BCUT2D eigenvalue weighted by Gasteiger charge is 2.20. The Hall–Kier alpha value is -0.630. The fourth-order valence-electron chi connectivity index (χ4n) is 2.03. The predicted octanol–water partition coefficient (Wildman–Crippen LogP) is 0.261. The summed E-state index contributed by atoms with van der Waals surface area (Å²) in [4.78, 5) is 0. The predicted molar refractivity (Wildman–Crippen MR) is 69.6 cm³/mol. The Kier molecular flexibility index (Phi) is 5.43. The molecule has 1 aliphatic heterocycles. The van der Waals surface area contributed by atoms with E-state index in [1.165, 1.54) is 11.8 Å². The van der Waals surface area contributed by atoms with Gasteiger partial charge in [0.1, 0.15) is 5.82 Å². The zero-order chi connectivity index (χ0) is 12.8. The number of hydrogen-bond donors (Lipinski definition) is 2. The number of aromatic nitrogens is 3. The summed E-state index contributed by atoms with van der Waals surface area (Å²) in [5.74, 6) is 1.57. The Morgan fingerprint density at radius 1 is 1.56 bits per heavy atom. The normalized spacial score (nSPS) is 19.6. The molecule has 0 unspecified atom stereocenters. The summed E-state index contributed by atoms with van der Waals surface area (Å²) in [5.41, 5.74) is 0. The molecule has 2 heterocycles. The third kappa shape index (κ3) is 3.44. The maximum atomic E-state index is 8.90. The van der Waals surface area contributed by atoms with Crippen LogP contribution in [-0.2, 0) is 17.8 Å². The van der Waals surface area contributed by atoms with Gasteiger partial charge in [0, 0.05) is 12.4 Å². The molecule has 0 bridgehead atoms. The molecular weight excluding hydrogens is 252 g/mol. The summed E-state index contributed by atoms with van der Waals surface area (Å²) in [6, 6.07) is 0. The lowest BCUT2D eigenvalue weighted by Crippen LogP contribution is -2.20. The van der Waals surface area contributed by atoms with Crippen LogP contribution < -0.4 is 5.32 Å². The molecule has 0 radical (unpaired) electrons. The number of thioether (sulfide) groups is 1. The van der Waals surface area contributed by atoms with E-state index in [9.17, 15) is 0 Å². The van der Waals surface area contributed by atoms with Gasteiger partial charge in [0.2, 0.25) is 0 Å². The molecule has 1 aromatic rings. The molecule has 0 spiro atoms. The van der Waals surface area contributed by atoms with Gasteiger partial charge in [-0.2, -0.15) is 0 Å². The number of nitrogens with one attached hydrogen (secondary N) is 1. The van der Waals surface area contributed by atoms with Crippen LogP contribution in [0.5, 0.6) is 0 Å². The fourth-order valence-corrected chi connectivity index (χ4v) is 2.74. The van der Waals surface area contributed by atoms with Crippen LogP contribution in [0.2, 0.25) is 0 Å². The first-order chi connectivity index (χ1) is 8.85. The van der Waals surface area contributed by atoms with E-state index in [0.29, 0.717) is 12.3 Å². The smallest absolute Gasteiger partial charge is 0.191 e. The standard InChI is InChI=1S/C11H20N4O2S/c1-12-7-10-13-14-11(18-6-4-16)15(10)8-9-3-2-5-17-9/h9,12,16H,2-8H2,1H3/t9-/m1/s1. The van der Waals surface area contributed by atoms with E-state index in [2.05, 4.69) is 20.1 Å². The van der Waals surface area contributed by atoms with Gasteiger partial charge in [0.15, 0.2) is 5.16 Å². The molecule has 0 amide bonds. The maximum absolute atomic E-state index is 8.90. The molecule has 0 aliphatic carbocycles. The number of aliphatic hydroxyl groups excluding tert-OH is 1. The Morgan fingerprint density at radius 3 is 3.11 bits per heavy atom. The van der Waals surface area contributed by atoms with Gasteiger partial charge in [-0.05, 0) is 19.9 Å². The van der Waals surface area contributed by atoms with Gasteiger partial charge in [-0.3, -0.25) is 0 Å². The second-order valence-electron chi connectivity index (χ2n) is 4.25. The van der Waals surface area contributed by atoms with E-state index in [-0.39, 0.29) is 12.7 Å². The average Bonchev–Trinajstić information content (AvgIpc) is 3.00. The van der Waals surface area contributed by atoms with Crippen molar-refractivity contribution >= 4 is 11.8 Å². The largest absolute Gasteiger partial charge is 0.396 e. The zero-order valence-corrected chi connectivity index (χ0v) is 11.4. The van der Waals surface area contributed by atoms with E-state index in [4.69, 9.17) is 9.84 Å². The van der Waals surface area contributed by atoms with Crippen molar-refractivity contribution in [2.75, 3.05) is 26.0 Å². The molecule has 6 nitrogen and oxygen atoms in total. The van der Waals surface area contributed by atoms with Crippen molar-refractivity contribution < 1.29 is 9.84 Å². The van der Waals surface area contributed by atoms with Gasteiger partial charge in [0.05, 0.1) is 25.8 Å². The zero-order valence-electron chi connectivity index (χ0n) is 10.6. The van der Waals surface area contributed by atoms with Crippen molar-refractivity contribution in [3.8, 4) is 0 Å². The second-order valence-corrected chi connectivity index (χ2v) is 5.31. The first kappa shape index (κ1) is 13.8. The monoisotopic (exact) mass is 272 g/mol. The van der Waals surface area contributed by atoms with Crippen LogP contribution in [0, 0.1) is 0 Å². The summed E-state index contributed by atoms with van der Waals surface area (Å²) in [7, 11) is 1.89. The third-order valence-electron chi connectivity index (χ3n) is 2.86. The van der Waals surface area contributed by atoms with Crippen molar-refractivity contribution in [2.24, 2.45) is 0 Å². The van der Waals surface area contributed by atoms with Crippen LogP contribution in [0.1, 0.15) is 18.7 Å². The maximum Gasteiger partial charge on any atom is 0.191 e. The summed E-state index contributed by atoms with van der Waals surface area (Å²) in [6.45, 7) is 2.50. The molecule has 1 aromatic heterocycles. The van der Waals surface area contributed by atoms with E-state index in [1.807, 2.05) is 7.05 Å². The SMILES string of the molecule is CNCc1nnc(SCCO)n1C[C@H]1CCCO1. The van der Waals surface area contributed by atoms with Crippen LogP contribution in [0.25, 0.3) is 0 Å². The highest BCUT2D eigenvalue weighted by atomic mass is 32.2. The minimum atomic E-state index is 0.152. The molecule has 0 saturated carbocycles. The third-order valence-corrected chi connectivity index (χ3v) is 3.81. The highest BCUT2D eigenvalue weighted by Crippen LogP contribution is 2.21. The van der Waals surface area contributed by atoms with E-state index in [0.717, 1.165) is 37.0 Å². The van der Waals surface area contributed by atoms with Crippen molar-refractivity contribution in [3.05, 3.63) is 5.82 Å². The van der Waals surface area contributed by atoms with Crippen LogP contribution in [0.4, 0.5) is 0 Å². The van der Waals surface area contributed by atoms with Crippen molar-refractivity contribution in [1.29, 1.82) is 0 Å². The van der Waals surface area contributed by atoms with Gasteiger partial charge in [-0.25, -0.2) is 0 Å². The van der Waals surface area contributed by atoms with Crippen LogP contribution in [0.15, 0.2) is 5.16 Å². The Labute approximate surface area is 111 Å². The number of hydrogen-bond acceptors (Lipinski definition) is 6.